The fourth-order valence-corrected chi connectivity index (χ4v) is 17.4. The van der Waals surface area contributed by atoms with Crippen molar-refractivity contribution >= 4 is 114 Å². The van der Waals surface area contributed by atoms with Gasteiger partial charge in [0.2, 0.25) is 0 Å². The first kappa shape index (κ1) is 64.4. The lowest BCUT2D eigenvalue weighted by Crippen LogP contribution is -2.23. The molecule has 4 aliphatic heterocycles. The van der Waals surface area contributed by atoms with E-state index in [9.17, 15) is 25.3 Å². The number of nitrogens with zero attached hydrogens (tertiary/aromatic N) is 13. The molecule has 11 aromatic rings. The molecule has 0 saturated carbocycles. The number of hydrogen-bond acceptors (Lipinski definition) is 18. The third-order valence-electron chi connectivity index (χ3n) is 17.1. The van der Waals surface area contributed by atoms with E-state index in [-0.39, 0.29) is 16.3 Å². The second-order valence-corrected chi connectivity index (χ2v) is 30.3. The molecule has 0 bridgehead atoms. The van der Waals surface area contributed by atoms with Gasteiger partial charge in [-0.2, -0.15) is 5.10 Å². The molecule has 0 unspecified atom stereocenters. The maximum atomic E-state index is 13.6. The zero-order chi connectivity index (χ0) is 65.2. The van der Waals surface area contributed by atoms with Crippen molar-refractivity contribution in [3.8, 4) is 21.1 Å². The lowest BCUT2D eigenvalue weighted by atomic mass is 9.98. The molecule has 0 atom stereocenters. The van der Waals surface area contributed by atoms with Crippen molar-refractivity contribution in [2.45, 2.75) is 53.8 Å². The number of carboxylic acid groups (broad SMARTS) is 1. The molecule has 0 spiro atoms. The highest BCUT2D eigenvalue weighted by molar-refractivity contribution is 7.90. The van der Waals surface area contributed by atoms with Crippen molar-refractivity contribution in [3.63, 3.8) is 0 Å². The second kappa shape index (κ2) is 27.1. The Labute approximate surface area is 548 Å². The second-order valence-electron chi connectivity index (χ2n) is 23.1. The van der Waals surface area contributed by atoms with E-state index >= 15 is 0 Å². The van der Waals surface area contributed by atoms with Crippen LogP contribution >= 0.6 is 22.7 Å². The third kappa shape index (κ3) is 13.1. The van der Waals surface area contributed by atoms with Crippen molar-refractivity contribution in [3.05, 3.63) is 192 Å². The summed E-state index contributed by atoms with van der Waals surface area (Å²) in [7, 11) is -2.94. The van der Waals surface area contributed by atoms with E-state index in [4.69, 9.17) is 9.90 Å². The van der Waals surface area contributed by atoms with E-state index < -0.39 is 30.1 Å². The first-order valence-electron chi connectivity index (χ1n) is 30.2. The fourth-order valence-electron chi connectivity index (χ4n) is 12.0. The summed E-state index contributed by atoms with van der Waals surface area (Å²) < 4.78 is 86.8. The number of pyridine rings is 2. The Bertz CT molecular complexity index is 5010. The lowest BCUT2D eigenvalue weighted by molar-refractivity contribution is -0.122. The van der Waals surface area contributed by atoms with E-state index in [1.54, 1.807) is 101 Å². The molecule has 480 valence electrons. The summed E-state index contributed by atoms with van der Waals surface area (Å²) in [6.07, 6.45) is 26.6. The maximum absolute atomic E-state index is 13.6. The molecule has 0 radical (unpaired) electrons. The number of rotatable bonds is 12. The van der Waals surface area contributed by atoms with Gasteiger partial charge in [-0.15, -0.1) is 22.7 Å². The highest BCUT2D eigenvalue weighted by Gasteiger charge is 2.29. The summed E-state index contributed by atoms with van der Waals surface area (Å²) in [5.74, 6) is 0. The number of thiazole rings is 2. The summed E-state index contributed by atoms with van der Waals surface area (Å²) in [5, 5.41) is 18.6. The molecule has 1 N–H and O–H groups in total. The molecule has 3 aromatic carbocycles. The van der Waals surface area contributed by atoms with Gasteiger partial charge in [-0.05, 0) is 155 Å². The van der Waals surface area contributed by atoms with Crippen LogP contribution in [-0.4, -0.2) is 167 Å². The van der Waals surface area contributed by atoms with Crippen molar-refractivity contribution < 1.29 is 35.2 Å². The average Bonchev–Trinajstić information content (AvgIpc) is 1.63. The summed E-state index contributed by atoms with van der Waals surface area (Å²) in [5.41, 5.74) is 13.2. The zero-order valence-electron chi connectivity index (χ0n) is 51.9. The van der Waals surface area contributed by atoms with Gasteiger partial charge < -0.3 is 24.7 Å². The molecule has 15 rings (SSSR count). The van der Waals surface area contributed by atoms with Gasteiger partial charge in [0.25, 0.3) is 36.5 Å². The van der Waals surface area contributed by atoms with Crippen LogP contribution in [0.15, 0.2) is 185 Å². The van der Waals surface area contributed by atoms with Crippen molar-refractivity contribution in [1.29, 1.82) is 0 Å². The molecule has 0 aliphatic carbocycles. The van der Waals surface area contributed by atoms with Crippen LogP contribution in [-0.2, 0) is 47.8 Å². The maximum Gasteiger partial charge on any atom is 0.290 e. The molecular formula is C67H69N13O8S5. The molecule has 26 heteroatoms. The van der Waals surface area contributed by atoms with Crippen molar-refractivity contribution in [2.75, 3.05) is 78.9 Å². The molecule has 21 nitrogen and oxygen atoms in total. The topological polar surface area (TPSA) is 237 Å². The Kier molecular flexibility index (Phi) is 18.7. The lowest BCUT2D eigenvalue weighted by Gasteiger charge is -2.21. The molecule has 8 aromatic heterocycles. The van der Waals surface area contributed by atoms with E-state index in [2.05, 4.69) is 96.1 Å². The largest absolute Gasteiger partial charge is 0.483 e. The smallest absolute Gasteiger partial charge is 0.290 e. The van der Waals surface area contributed by atoms with Gasteiger partial charge >= 0.3 is 0 Å². The van der Waals surface area contributed by atoms with Gasteiger partial charge in [-0.25, -0.2) is 47.1 Å². The van der Waals surface area contributed by atoms with Gasteiger partial charge in [-0.3, -0.25) is 19.4 Å². The van der Waals surface area contributed by atoms with Crippen LogP contribution in [0.2, 0.25) is 0 Å². The first-order valence-corrected chi connectivity index (χ1v) is 36.3. The van der Waals surface area contributed by atoms with Gasteiger partial charge in [-0.1, -0.05) is 18.2 Å². The fraction of sp³-hybridized carbons (Fsp3) is 0.254. The first-order chi connectivity index (χ1) is 44.9. The van der Waals surface area contributed by atoms with Crippen LogP contribution < -0.4 is 4.90 Å². The highest BCUT2D eigenvalue weighted by atomic mass is 32.2. The summed E-state index contributed by atoms with van der Waals surface area (Å²) in [6.45, 7) is 8.62. The molecule has 12 heterocycles. The predicted octanol–water partition coefficient (Wildman–Crippen LogP) is 10.7. The third-order valence-corrected chi connectivity index (χ3v) is 23.7. The summed E-state index contributed by atoms with van der Waals surface area (Å²) in [6, 6.07) is 24.0. The van der Waals surface area contributed by atoms with Gasteiger partial charge in [0.05, 0.1) is 33.2 Å². The molecule has 93 heavy (non-hydrogen) atoms. The normalized spacial score (nSPS) is 15.8. The molecule has 0 saturated heterocycles. The monoisotopic (exact) mass is 1340 g/mol. The Balaban J connectivity index is 0.000000131. The van der Waals surface area contributed by atoms with E-state index in [0.717, 1.165) is 142 Å². The van der Waals surface area contributed by atoms with Crippen LogP contribution in [0.5, 0.6) is 0 Å². The minimum absolute atomic E-state index is 0.176. The Hall–Kier alpha value is -8.73. The Morgan fingerprint density at radius 1 is 0.527 bits per heavy atom. The van der Waals surface area contributed by atoms with Crippen LogP contribution in [0.1, 0.15) is 48.4 Å². The van der Waals surface area contributed by atoms with Gasteiger partial charge in [0, 0.05) is 170 Å². The molecule has 0 amide bonds. The van der Waals surface area contributed by atoms with Crippen LogP contribution in [0, 0.1) is 0 Å². The van der Waals surface area contributed by atoms with Gasteiger partial charge in [0.1, 0.15) is 19.8 Å². The Morgan fingerprint density at radius 2 is 1.04 bits per heavy atom. The van der Waals surface area contributed by atoms with E-state index in [1.165, 1.54) is 35.5 Å². The van der Waals surface area contributed by atoms with Gasteiger partial charge in [0.15, 0.2) is 0 Å². The van der Waals surface area contributed by atoms with E-state index in [0.29, 0.717) is 28.0 Å². The molecular weight excluding hydrogens is 1280 g/mol. The minimum atomic E-state index is -3.77. The number of anilines is 1. The molecule has 0 fully saturated rings. The average molecular weight is 1340 g/mol. The number of aryl methyl sites for hydroxylation is 1. The molecule has 4 aliphatic rings. The van der Waals surface area contributed by atoms with E-state index in [1.807, 2.05) is 67.2 Å². The Morgan fingerprint density at radius 3 is 1.54 bits per heavy atom. The quantitative estimate of drug-likeness (QED) is 0.112. The minimum Gasteiger partial charge on any atom is -0.483 e. The SMILES string of the molecule is CCn1cc(S(=O)(=O)n2cc(C3=CCN(C)CC3)c3cc(-c4nccs4)ccc32)cn1.CN1CC=C(c2cn(S(=O)(=O)c3ccc4c(c3)CCN4C)c3cccnc23)CC1.CN1CC=C(c2cn(S(=O)(=O)c3cccnc3)c3ccc(-c4nccs4)cc23)CC1.O=CO. The van der Waals surface area contributed by atoms with Crippen molar-refractivity contribution in [1.82, 2.24) is 56.3 Å². The highest BCUT2D eigenvalue weighted by Crippen LogP contribution is 2.39. The standard InChI is InChI=1S/C22H23N5O2S2.C22H20N4O2S2.C22H24N4O2S.CH2O2/c1-3-26-14-18(13-24-26)31(28,29)27-15-20(16-6-9-25(2)10-7-16)19-12-17(4-5-21(19)27)22-23-8-11-30-22;1-25-10-6-16(7-11-25)20-15-26(30(27,28)18-3-2-8-23-14-18)21-5-4-17(13-19(20)21)22-24-9-12-29-22;1-24-11-7-16(8-12-24)19-15-26(21-4-3-10-23-22(19)21)29(27,28)18-5-6-20-17(14-18)9-13-25(20)2;2-1-3/h4-6,8,11-15H,3,7,9-10H2,1-2H3;2-6,8-9,12-15H,7,10-11H2,1H3;3-7,10,14-15H,8-9,11-13H2,1-2H3;1H,(H,2,3). The summed E-state index contributed by atoms with van der Waals surface area (Å²) in [4.78, 5) is 35.3. The number of likely N-dealkylation sites (N-methyl/N-ethyl adjacent to an activating group) is 4. The van der Waals surface area contributed by atoms with Crippen molar-refractivity contribution in [2.24, 2.45) is 0 Å². The number of aromatic nitrogens is 9. The van der Waals surface area contributed by atoms with Crippen LogP contribution in [0.3, 0.4) is 0 Å². The zero-order valence-corrected chi connectivity index (χ0v) is 56.0. The van der Waals surface area contributed by atoms with Crippen LogP contribution in [0.25, 0.3) is 70.7 Å². The number of hydrogen-bond donors (Lipinski definition) is 1. The number of fused-ring (bicyclic) bond motifs is 4. The summed E-state index contributed by atoms with van der Waals surface area (Å²) >= 11 is 3.14. The number of benzene rings is 3. The number of carbonyl (C=O) groups is 1. The van der Waals surface area contributed by atoms with Crippen LogP contribution in [0.4, 0.5) is 5.69 Å². The predicted molar refractivity (Wildman–Crippen MR) is 368 cm³/mol.